The van der Waals surface area contributed by atoms with Gasteiger partial charge in [-0.3, -0.25) is 0 Å². The van der Waals surface area contributed by atoms with Crippen molar-refractivity contribution in [1.82, 2.24) is 4.98 Å². The predicted octanol–water partition coefficient (Wildman–Crippen LogP) is 14.5. The molecule has 2 aromatic heterocycles. The zero-order chi connectivity index (χ0) is 36.3. The molecule has 0 amide bonds. The molecule has 0 N–H and O–H groups in total. The van der Waals surface area contributed by atoms with Gasteiger partial charge in [-0.15, -0.1) is 0 Å². The number of para-hydroxylation sites is 2. The van der Waals surface area contributed by atoms with E-state index in [9.17, 15) is 0 Å². The number of nitrogens with zero attached hydrogens (tertiary/aromatic N) is 2. The van der Waals surface area contributed by atoms with Crippen LogP contribution in [0.3, 0.4) is 0 Å². The molecular weight excluding hydrogens is 673 g/mol. The highest BCUT2D eigenvalue weighted by molar-refractivity contribution is 6.25. The van der Waals surface area contributed by atoms with Crippen LogP contribution in [0.15, 0.2) is 203 Å². The van der Waals surface area contributed by atoms with Crippen LogP contribution >= 0.6 is 0 Å². The highest BCUT2D eigenvalue weighted by Gasteiger charge is 2.23. The highest BCUT2D eigenvalue weighted by Crippen LogP contribution is 2.47. The van der Waals surface area contributed by atoms with Gasteiger partial charge in [0.2, 0.25) is 5.89 Å². The largest absolute Gasteiger partial charge is 0.456 e. The molecule has 0 bridgehead atoms. The lowest BCUT2D eigenvalue weighted by atomic mass is 9.97. The second-order valence-electron chi connectivity index (χ2n) is 13.9. The monoisotopic (exact) mass is 704 g/mol. The SMILES string of the molecule is c1ccc(-c2cccc(N(c3ccc(-c4ccc5ccccc5c4)cc3)c3cc4oc5cccc(-c6nc7ccccc7o6)c5c4c4ccccc34)c2)cc1. The number of benzene rings is 9. The van der Waals surface area contributed by atoms with Crippen molar-refractivity contribution in [3.05, 3.63) is 194 Å². The number of oxazole rings is 1. The van der Waals surface area contributed by atoms with Gasteiger partial charge in [-0.2, -0.15) is 0 Å². The quantitative estimate of drug-likeness (QED) is 0.173. The fraction of sp³-hybridized carbons (Fsp3) is 0. The second kappa shape index (κ2) is 12.6. The summed E-state index contributed by atoms with van der Waals surface area (Å²) in [5.41, 5.74) is 11.9. The molecule has 0 aliphatic rings. The van der Waals surface area contributed by atoms with Crippen molar-refractivity contribution in [2.24, 2.45) is 0 Å². The minimum absolute atomic E-state index is 0.577. The van der Waals surface area contributed by atoms with E-state index in [0.29, 0.717) is 5.89 Å². The van der Waals surface area contributed by atoms with Crippen LogP contribution in [0, 0.1) is 0 Å². The Hall–Kier alpha value is -7.43. The van der Waals surface area contributed by atoms with Crippen LogP contribution in [-0.4, -0.2) is 4.98 Å². The van der Waals surface area contributed by atoms with Gasteiger partial charge < -0.3 is 13.7 Å². The van der Waals surface area contributed by atoms with Crippen LogP contribution in [0.25, 0.3) is 88.3 Å². The average Bonchev–Trinajstić information content (AvgIpc) is 3.86. The van der Waals surface area contributed by atoms with Gasteiger partial charge in [-0.1, -0.05) is 133 Å². The third-order valence-corrected chi connectivity index (χ3v) is 10.7. The standard InChI is InChI=1S/C51H32N2O2/c1-2-12-33(13-3-1)37-16-10-17-40(31-37)53(39-28-26-35(27-29-39)38-25-24-34-14-4-5-15-36(34)30-38)45-32-48-49(42-19-7-6-18-41(42)45)50-43(20-11-23-47(50)54-48)51-52-44-21-8-9-22-46(44)55-51/h1-32H. The van der Waals surface area contributed by atoms with Crippen molar-refractivity contribution in [3.8, 4) is 33.7 Å². The Morgan fingerprint density at radius 2 is 1.05 bits per heavy atom. The first-order chi connectivity index (χ1) is 27.2. The van der Waals surface area contributed by atoms with Crippen LogP contribution in [0.1, 0.15) is 0 Å². The molecule has 0 unspecified atom stereocenters. The first-order valence-corrected chi connectivity index (χ1v) is 18.5. The normalized spacial score (nSPS) is 11.6. The lowest BCUT2D eigenvalue weighted by molar-refractivity contribution is 0.620. The Morgan fingerprint density at radius 1 is 0.382 bits per heavy atom. The van der Waals surface area contributed by atoms with Crippen LogP contribution in [0.5, 0.6) is 0 Å². The Balaban J connectivity index is 1.13. The molecule has 0 saturated carbocycles. The Morgan fingerprint density at radius 3 is 1.93 bits per heavy atom. The van der Waals surface area contributed by atoms with Crippen molar-refractivity contribution in [1.29, 1.82) is 0 Å². The minimum Gasteiger partial charge on any atom is -0.456 e. The molecule has 0 fully saturated rings. The molecule has 4 nitrogen and oxygen atoms in total. The average molecular weight is 705 g/mol. The van der Waals surface area contributed by atoms with Gasteiger partial charge in [-0.25, -0.2) is 4.98 Å². The van der Waals surface area contributed by atoms with Crippen molar-refractivity contribution >= 4 is 71.6 Å². The van der Waals surface area contributed by atoms with E-state index in [2.05, 4.69) is 163 Å². The second-order valence-corrected chi connectivity index (χ2v) is 13.9. The van der Waals surface area contributed by atoms with Crippen molar-refractivity contribution in [2.75, 3.05) is 4.90 Å². The van der Waals surface area contributed by atoms with Crippen molar-refractivity contribution in [2.45, 2.75) is 0 Å². The first kappa shape index (κ1) is 31.1. The smallest absolute Gasteiger partial charge is 0.228 e. The fourth-order valence-corrected chi connectivity index (χ4v) is 8.07. The highest BCUT2D eigenvalue weighted by atomic mass is 16.3. The number of aromatic nitrogens is 1. The van der Waals surface area contributed by atoms with Gasteiger partial charge in [0, 0.05) is 39.2 Å². The van der Waals surface area contributed by atoms with Gasteiger partial charge in [0.15, 0.2) is 5.58 Å². The summed E-state index contributed by atoms with van der Waals surface area (Å²) in [6, 6.07) is 68.2. The summed E-state index contributed by atoms with van der Waals surface area (Å²) < 4.78 is 13.1. The number of hydrogen-bond acceptors (Lipinski definition) is 4. The summed E-state index contributed by atoms with van der Waals surface area (Å²) in [4.78, 5) is 7.24. The summed E-state index contributed by atoms with van der Waals surface area (Å²) in [5, 5.41) is 6.69. The molecular formula is C51H32N2O2. The molecule has 4 heteroatoms. The third-order valence-electron chi connectivity index (χ3n) is 10.7. The molecule has 0 saturated heterocycles. The van der Waals surface area contributed by atoms with Gasteiger partial charge in [0.1, 0.15) is 16.7 Å². The number of furan rings is 1. The maximum absolute atomic E-state index is 6.77. The molecule has 2 heterocycles. The van der Waals surface area contributed by atoms with Gasteiger partial charge >= 0.3 is 0 Å². The summed E-state index contributed by atoms with van der Waals surface area (Å²) in [6.07, 6.45) is 0. The van der Waals surface area contributed by atoms with E-state index >= 15 is 0 Å². The topological polar surface area (TPSA) is 42.4 Å². The molecule has 0 radical (unpaired) electrons. The third kappa shape index (κ3) is 5.26. The number of rotatable bonds is 6. The van der Waals surface area contributed by atoms with E-state index in [-0.39, 0.29) is 0 Å². The molecule has 9 aromatic carbocycles. The molecule has 0 atom stereocenters. The van der Waals surface area contributed by atoms with Crippen LogP contribution in [-0.2, 0) is 0 Å². The minimum atomic E-state index is 0.577. The molecule has 11 rings (SSSR count). The van der Waals surface area contributed by atoms with E-state index in [4.69, 9.17) is 13.8 Å². The summed E-state index contributed by atoms with van der Waals surface area (Å²) in [5.74, 6) is 0.577. The van der Waals surface area contributed by atoms with Crippen molar-refractivity contribution < 1.29 is 8.83 Å². The lowest BCUT2D eigenvalue weighted by Crippen LogP contribution is -2.10. The Labute approximate surface area is 317 Å². The number of hydrogen-bond donors (Lipinski definition) is 0. The maximum Gasteiger partial charge on any atom is 0.228 e. The summed E-state index contributed by atoms with van der Waals surface area (Å²) in [7, 11) is 0. The molecule has 258 valence electrons. The van der Waals surface area contributed by atoms with E-state index in [0.717, 1.165) is 77.6 Å². The molecule has 55 heavy (non-hydrogen) atoms. The zero-order valence-electron chi connectivity index (χ0n) is 29.7. The summed E-state index contributed by atoms with van der Waals surface area (Å²) >= 11 is 0. The Kier molecular flexibility index (Phi) is 7.14. The van der Waals surface area contributed by atoms with Crippen LogP contribution in [0.2, 0.25) is 0 Å². The molecule has 0 aliphatic heterocycles. The van der Waals surface area contributed by atoms with E-state index in [1.54, 1.807) is 0 Å². The molecule has 0 aliphatic carbocycles. The van der Waals surface area contributed by atoms with Gasteiger partial charge in [0.05, 0.1) is 5.69 Å². The van der Waals surface area contributed by atoms with E-state index in [1.165, 1.54) is 21.9 Å². The number of anilines is 3. The van der Waals surface area contributed by atoms with E-state index in [1.807, 2.05) is 36.4 Å². The van der Waals surface area contributed by atoms with Crippen LogP contribution in [0.4, 0.5) is 17.1 Å². The van der Waals surface area contributed by atoms with Gasteiger partial charge in [0.25, 0.3) is 0 Å². The Bertz CT molecular complexity index is 3180. The molecule has 0 spiro atoms. The van der Waals surface area contributed by atoms with Gasteiger partial charge in [-0.05, 0) is 93.0 Å². The lowest BCUT2D eigenvalue weighted by Gasteiger charge is -2.27. The predicted molar refractivity (Wildman–Crippen MR) is 227 cm³/mol. The summed E-state index contributed by atoms with van der Waals surface area (Å²) in [6.45, 7) is 0. The van der Waals surface area contributed by atoms with E-state index < -0.39 is 0 Å². The molecule has 11 aromatic rings. The number of fused-ring (bicyclic) bond motifs is 7. The fourth-order valence-electron chi connectivity index (χ4n) is 8.07. The maximum atomic E-state index is 6.77. The zero-order valence-corrected chi connectivity index (χ0v) is 29.7. The van der Waals surface area contributed by atoms with Crippen molar-refractivity contribution in [3.63, 3.8) is 0 Å². The first-order valence-electron chi connectivity index (χ1n) is 18.5. The van der Waals surface area contributed by atoms with Crippen LogP contribution < -0.4 is 4.90 Å².